The lowest BCUT2D eigenvalue weighted by atomic mass is 9.69. The van der Waals surface area contributed by atoms with Gasteiger partial charge in [0.05, 0.1) is 11.1 Å². The van der Waals surface area contributed by atoms with Gasteiger partial charge in [-0.05, 0) is 37.3 Å². The number of alkyl halides is 3. The smallest absolute Gasteiger partial charge is 0.354 e. The first kappa shape index (κ1) is 20.0. The van der Waals surface area contributed by atoms with E-state index < -0.39 is 22.7 Å². The highest BCUT2D eigenvalue weighted by molar-refractivity contribution is 5.89. The molecule has 3 N–H and O–H groups in total. The molecule has 1 aromatic carbocycles. The van der Waals surface area contributed by atoms with Gasteiger partial charge in [-0.2, -0.15) is 13.2 Å². The number of hydrogen-bond acceptors (Lipinski definition) is 2. The predicted molar refractivity (Wildman–Crippen MR) is 92.6 cm³/mol. The first-order valence-electron chi connectivity index (χ1n) is 8.50. The van der Waals surface area contributed by atoms with Crippen molar-refractivity contribution >= 4 is 18.3 Å². The van der Waals surface area contributed by atoms with Crippen molar-refractivity contribution in [2.75, 3.05) is 6.54 Å². The molecule has 1 aromatic rings. The van der Waals surface area contributed by atoms with E-state index in [1.54, 1.807) is 6.07 Å². The van der Waals surface area contributed by atoms with Gasteiger partial charge in [-0.1, -0.05) is 37.5 Å². The molecule has 0 atom stereocenters. The minimum absolute atomic E-state index is 0. The summed E-state index contributed by atoms with van der Waals surface area (Å²) in [5.41, 5.74) is 4.75. The van der Waals surface area contributed by atoms with Crippen LogP contribution in [-0.4, -0.2) is 18.0 Å². The maximum atomic E-state index is 13.1. The molecule has 0 aromatic heterocycles. The molecule has 2 fully saturated rings. The Morgan fingerprint density at radius 1 is 1.12 bits per heavy atom. The van der Waals surface area contributed by atoms with E-state index >= 15 is 0 Å². The van der Waals surface area contributed by atoms with Gasteiger partial charge in [0, 0.05) is 12.0 Å². The van der Waals surface area contributed by atoms with Crippen molar-refractivity contribution in [3.8, 4) is 0 Å². The Morgan fingerprint density at radius 2 is 1.76 bits per heavy atom. The fourth-order valence-corrected chi connectivity index (χ4v) is 3.61. The zero-order valence-electron chi connectivity index (χ0n) is 14.0. The van der Waals surface area contributed by atoms with Gasteiger partial charge < -0.3 is 11.1 Å². The van der Waals surface area contributed by atoms with Crippen LogP contribution in [0.1, 0.15) is 56.1 Å². The van der Waals surface area contributed by atoms with Crippen LogP contribution in [0.25, 0.3) is 0 Å². The van der Waals surface area contributed by atoms with Crippen LogP contribution in [0.3, 0.4) is 0 Å². The molecular formula is C18H24ClF3N2O. The Morgan fingerprint density at radius 3 is 2.32 bits per heavy atom. The molecule has 3 rings (SSSR count). The summed E-state index contributed by atoms with van der Waals surface area (Å²) in [7, 11) is 0. The molecule has 140 valence electrons. The van der Waals surface area contributed by atoms with E-state index in [4.69, 9.17) is 5.73 Å². The average molecular weight is 377 g/mol. The van der Waals surface area contributed by atoms with Crippen LogP contribution in [0.2, 0.25) is 0 Å². The molecule has 0 heterocycles. The minimum Gasteiger partial charge on any atom is -0.354 e. The molecular weight excluding hydrogens is 353 g/mol. The van der Waals surface area contributed by atoms with Gasteiger partial charge in [-0.3, -0.25) is 4.79 Å². The summed E-state index contributed by atoms with van der Waals surface area (Å²) >= 11 is 0. The molecule has 0 bridgehead atoms. The number of benzene rings is 1. The van der Waals surface area contributed by atoms with Crippen LogP contribution < -0.4 is 11.1 Å². The van der Waals surface area contributed by atoms with Crippen molar-refractivity contribution in [2.45, 2.75) is 62.1 Å². The van der Waals surface area contributed by atoms with Crippen molar-refractivity contribution in [3.05, 3.63) is 35.4 Å². The van der Waals surface area contributed by atoms with Gasteiger partial charge >= 0.3 is 6.18 Å². The molecule has 2 aliphatic carbocycles. The standard InChI is InChI=1S/C18H23F3N2O.ClH/c19-18(20,21)14-6-4-5-13(11-14)16(7-2-1-3-8-16)12-23-15(24)17(22)9-10-17;/h4-6,11H,1-3,7-10,12,22H2,(H,23,24);1H. The van der Waals surface area contributed by atoms with E-state index in [2.05, 4.69) is 5.32 Å². The Hall–Kier alpha value is -1.27. The molecule has 1 amide bonds. The summed E-state index contributed by atoms with van der Waals surface area (Å²) in [6, 6.07) is 5.55. The SMILES string of the molecule is Cl.NC1(C(=O)NCC2(c3cccc(C(F)(F)F)c3)CCCCC2)CC1. The van der Waals surface area contributed by atoms with E-state index in [0.717, 1.165) is 38.2 Å². The summed E-state index contributed by atoms with van der Waals surface area (Å²) in [5.74, 6) is -0.181. The zero-order chi connectivity index (χ0) is 17.4. The number of halogens is 4. The molecule has 2 saturated carbocycles. The van der Waals surface area contributed by atoms with Gasteiger partial charge in [-0.25, -0.2) is 0 Å². The number of hydrogen-bond donors (Lipinski definition) is 2. The van der Waals surface area contributed by atoms with Crippen LogP contribution in [0.15, 0.2) is 24.3 Å². The topological polar surface area (TPSA) is 55.1 Å². The molecule has 2 aliphatic rings. The Kier molecular flexibility index (Phi) is 5.74. The molecule has 0 radical (unpaired) electrons. The second-order valence-electron chi connectivity index (χ2n) is 7.26. The maximum Gasteiger partial charge on any atom is 0.416 e. The number of carbonyl (C=O) groups is 1. The van der Waals surface area contributed by atoms with Gasteiger partial charge in [-0.15, -0.1) is 12.4 Å². The lowest BCUT2D eigenvalue weighted by Gasteiger charge is -2.38. The zero-order valence-corrected chi connectivity index (χ0v) is 14.8. The number of carbonyl (C=O) groups excluding carboxylic acids is 1. The van der Waals surface area contributed by atoms with E-state index in [0.29, 0.717) is 24.9 Å². The molecule has 0 unspecified atom stereocenters. The summed E-state index contributed by atoms with van der Waals surface area (Å²) < 4.78 is 39.2. The monoisotopic (exact) mass is 376 g/mol. The van der Waals surface area contributed by atoms with Crippen molar-refractivity contribution < 1.29 is 18.0 Å². The van der Waals surface area contributed by atoms with Crippen LogP contribution in [0, 0.1) is 0 Å². The second kappa shape index (κ2) is 7.16. The number of amides is 1. The fraction of sp³-hybridized carbons (Fsp3) is 0.611. The number of nitrogens with one attached hydrogen (secondary N) is 1. The first-order valence-corrected chi connectivity index (χ1v) is 8.50. The summed E-state index contributed by atoms with van der Waals surface area (Å²) in [6.07, 6.45) is 1.56. The predicted octanol–water partition coefficient (Wildman–Crippen LogP) is 3.94. The third-order valence-electron chi connectivity index (χ3n) is 5.44. The van der Waals surface area contributed by atoms with Crippen molar-refractivity contribution in [1.29, 1.82) is 0 Å². The van der Waals surface area contributed by atoms with E-state index in [1.165, 1.54) is 12.1 Å². The van der Waals surface area contributed by atoms with E-state index in [-0.39, 0.29) is 18.3 Å². The van der Waals surface area contributed by atoms with Gasteiger partial charge in [0.25, 0.3) is 0 Å². The normalized spacial score (nSPS) is 21.1. The fourth-order valence-electron chi connectivity index (χ4n) is 3.61. The quantitative estimate of drug-likeness (QED) is 0.836. The van der Waals surface area contributed by atoms with Gasteiger partial charge in [0.1, 0.15) is 0 Å². The molecule has 7 heteroatoms. The highest BCUT2D eigenvalue weighted by Gasteiger charge is 2.47. The minimum atomic E-state index is -4.36. The third kappa shape index (κ3) is 4.29. The first-order chi connectivity index (χ1) is 11.3. The molecule has 0 aliphatic heterocycles. The van der Waals surface area contributed by atoms with Crippen LogP contribution in [0.5, 0.6) is 0 Å². The molecule has 3 nitrogen and oxygen atoms in total. The van der Waals surface area contributed by atoms with Crippen LogP contribution in [0.4, 0.5) is 13.2 Å². The van der Waals surface area contributed by atoms with Crippen LogP contribution in [-0.2, 0) is 16.4 Å². The lowest BCUT2D eigenvalue weighted by Crippen LogP contribution is -2.49. The second-order valence-corrected chi connectivity index (χ2v) is 7.26. The highest BCUT2D eigenvalue weighted by Crippen LogP contribution is 2.41. The summed E-state index contributed by atoms with van der Waals surface area (Å²) in [6.45, 7) is 0.353. The number of rotatable bonds is 4. The van der Waals surface area contributed by atoms with Crippen LogP contribution >= 0.6 is 12.4 Å². The van der Waals surface area contributed by atoms with Crippen molar-refractivity contribution in [1.82, 2.24) is 5.32 Å². The maximum absolute atomic E-state index is 13.1. The average Bonchev–Trinajstić information content (AvgIpc) is 3.32. The van der Waals surface area contributed by atoms with E-state index in [1.807, 2.05) is 0 Å². The Labute approximate surface area is 152 Å². The van der Waals surface area contributed by atoms with Gasteiger partial charge in [0.2, 0.25) is 5.91 Å². The Balaban J connectivity index is 0.00000225. The van der Waals surface area contributed by atoms with Crippen molar-refractivity contribution in [2.24, 2.45) is 5.73 Å². The number of nitrogens with two attached hydrogens (primary N) is 1. The highest BCUT2D eigenvalue weighted by atomic mass is 35.5. The lowest BCUT2D eigenvalue weighted by molar-refractivity contribution is -0.137. The molecule has 25 heavy (non-hydrogen) atoms. The van der Waals surface area contributed by atoms with Gasteiger partial charge in [0.15, 0.2) is 0 Å². The van der Waals surface area contributed by atoms with E-state index in [9.17, 15) is 18.0 Å². The van der Waals surface area contributed by atoms with Crippen molar-refractivity contribution in [3.63, 3.8) is 0 Å². The largest absolute Gasteiger partial charge is 0.416 e. The molecule has 0 saturated heterocycles. The third-order valence-corrected chi connectivity index (χ3v) is 5.44. The summed E-state index contributed by atoms with van der Waals surface area (Å²) in [4.78, 5) is 12.2. The Bertz CT molecular complexity index is 623. The molecule has 0 spiro atoms. The summed E-state index contributed by atoms with van der Waals surface area (Å²) in [5, 5.41) is 2.91.